The minimum atomic E-state index is 0. The molecule has 0 radical (unpaired) electrons. The lowest BCUT2D eigenvalue weighted by Gasteiger charge is -2.45. The summed E-state index contributed by atoms with van der Waals surface area (Å²) in [4.78, 5) is 5.08. The van der Waals surface area contributed by atoms with E-state index in [0.29, 0.717) is 0 Å². The summed E-state index contributed by atoms with van der Waals surface area (Å²) >= 11 is 0. The molecule has 4 aromatic carbocycles. The highest BCUT2D eigenvalue weighted by Crippen LogP contribution is 2.38. The number of imidazole rings is 2. The van der Waals surface area contributed by atoms with Gasteiger partial charge in [-0.3, -0.25) is 0 Å². The second-order valence-corrected chi connectivity index (χ2v) is 14.7. The first-order valence-corrected chi connectivity index (χ1v) is 17.6. The zero-order valence-electron chi connectivity index (χ0n) is 30.6. The summed E-state index contributed by atoms with van der Waals surface area (Å²) in [6.07, 6.45) is 13.3. The van der Waals surface area contributed by atoms with Gasteiger partial charge in [-0.15, -0.1) is 0 Å². The lowest BCUT2D eigenvalue weighted by Crippen LogP contribution is -3.00. The number of anilines is 2. The Kier molecular flexibility index (Phi) is 10.7. The van der Waals surface area contributed by atoms with Gasteiger partial charge >= 0.3 is 0 Å². The molecule has 2 aliphatic heterocycles. The van der Waals surface area contributed by atoms with Gasteiger partial charge in [0.05, 0.1) is 6.67 Å². The maximum Gasteiger partial charge on any atom is 0.244 e. The number of benzene rings is 4. The standard InChI is InChI=1S/C43H48N6.2BrH/c1-30-15-32(3)40(33(4)16-30)25-46-13-11-44(27-46)21-36-7-9-42-38(19-36)23-48-29-49(42)24-39-20-37(8-10-43(39)48)22-45-12-14-47(28-45)26-41-34(5)17-31(2)18-35(41)6;;/h7-20,27-28H,21-26,29H2,1-6H3;2*1H/q+2;;/p-2. The summed E-state index contributed by atoms with van der Waals surface area (Å²) in [5.41, 5.74) is 19.2. The average molecular weight is 809 g/mol. The van der Waals surface area contributed by atoms with Gasteiger partial charge in [0.2, 0.25) is 12.7 Å². The van der Waals surface area contributed by atoms with Crippen LogP contribution in [0.2, 0.25) is 0 Å². The van der Waals surface area contributed by atoms with E-state index < -0.39 is 0 Å². The largest absolute Gasteiger partial charge is 1.00 e. The molecule has 0 unspecified atom stereocenters. The molecule has 6 aromatic rings. The summed E-state index contributed by atoms with van der Waals surface area (Å²) in [7, 11) is 0. The normalized spacial score (nSPS) is 13.0. The van der Waals surface area contributed by atoms with Crippen LogP contribution < -0.4 is 52.9 Å². The van der Waals surface area contributed by atoms with Gasteiger partial charge in [0, 0.05) is 24.5 Å². The van der Waals surface area contributed by atoms with Gasteiger partial charge in [-0.05, 0) is 121 Å². The minimum Gasteiger partial charge on any atom is -1.00 e. The van der Waals surface area contributed by atoms with Crippen LogP contribution in [0, 0.1) is 41.5 Å². The van der Waals surface area contributed by atoms with E-state index in [9.17, 15) is 0 Å². The number of hydrogen-bond donors (Lipinski definition) is 0. The SMILES string of the molecule is Cc1cc(C)c(Cn2cc[n+](Cc3ccc4c(c3)CN3CN4Cc4cc(C[n+]5ccn(Cc6c(C)cc(C)cc6C)c5)ccc43)c2)c(C)c1.[Br-].[Br-]. The van der Waals surface area contributed by atoms with Gasteiger partial charge in [-0.2, -0.15) is 0 Å². The molecule has 0 saturated heterocycles. The van der Waals surface area contributed by atoms with Crippen LogP contribution in [0.3, 0.4) is 0 Å². The Labute approximate surface area is 324 Å². The monoisotopic (exact) mass is 806 g/mol. The van der Waals surface area contributed by atoms with E-state index in [4.69, 9.17) is 0 Å². The fourth-order valence-corrected chi connectivity index (χ4v) is 8.34. The van der Waals surface area contributed by atoms with Gasteiger partial charge in [0.15, 0.2) is 0 Å². The van der Waals surface area contributed by atoms with Crippen molar-refractivity contribution in [2.45, 2.75) is 80.8 Å². The highest BCUT2D eigenvalue weighted by Gasteiger charge is 2.30. The molecule has 0 atom stereocenters. The second kappa shape index (κ2) is 14.8. The molecule has 2 aliphatic rings. The summed E-state index contributed by atoms with van der Waals surface area (Å²) in [5.74, 6) is 0. The van der Waals surface area contributed by atoms with E-state index in [1.165, 1.54) is 78.1 Å². The van der Waals surface area contributed by atoms with Crippen molar-refractivity contribution in [3.05, 3.63) is 165 Å². The quantitative estimate of drug-likeness (QED) is 0.217. The lowest BCUT2D eigenvalue weighted by molar-refractivity contribution is -0.688. The van der Waals surface area contributed by atoms with Gasteiger partial charge in [-0.25, -0.2) is 18.3 Å². The van der Waals surface area contributed by atoms with Crippen molar-refractivity contribution in [1.29, 1.82) is 0 Å². The van der Waals surface area contributed by atoms with Crippen molar-refractivity contribution in [3.63, 3.8) is 0 Å². The predicted molar refractivity (Wildman–Crippen MR) is 197 cm³/mol. The van der Waals surface area contributed by atoms with Crippen molar-refractivity contribution in [2.24, 2.45) is 0 Å². The van der Waals surface area contributed by atoms with Crippen molar-refractivity contribution in [3.8, 4) is 0 Å². The van der Waals surface area contributed by atoms with Crippen LogP contribution in [0.15, 0.2) is 98.1 Å². The molecule has 6 nitrogen and oxygen atoms in total. The summed E-state index contributed by atoms with van der Waals surface area (Å²) in [6, 6.07) is 23.4. The molecule has 0 amide bonds. The van der Waals surface area contributed by atoms with E-state index in [0.717, 1.165) is 45.9 Å². The third kappa shape index (κ3) is 7.58. The van der Waals surface area contributed by atoms with Gasteiger partial charge < -0.3 is 43.8 Å². The van der Waals surface area contributed by atoms with Crippen molar-refractivity contribution in [2.75, 3.05) is 16.5 Å². The van der Waals surface area contributed by atoms with E-state index in [1.54, 1.807) is 0 Å². The number of hydrogen-bond acceptors (Lipinski definition) is 2. The fraction of sp³-hybridized carbons (Fsp3) is 0.302. The first-order chi connectivity index (χ1) is 23.6. The molecule has 0 aliphatic carbocycles. The van der Waals surface area contributed by atoms with E-state index in [1.807, 2.05) is 0 Å². The number of aromatic nitrogens is 4. The molecule has 8 heteroatoms. The van der Waals surface area contributed by atoms with Gasteiger partial charge in [0.25, 0.3) is 0 Å². The van der Waals surface area contributed by atoms with Crippen LogP contribution in [-0.4, -0.2) is 15.8 Å². The molecule has 4 heterocycles. The van der Waals surface area contributed by atoms with Crippen LogP contribution in [0.4, 0.5) is 11.4 Å². The molecular formula is C43H48Br2N6. The molecule has 264 valence electrons. The van der Waals surface area contributed by atoms with Crippen LogP contribution >= 0.6 is 0 Å². The van der Waals surface area contributed by atoms with Crippen LogP contribution in [0.25, 0.3) is 0 Å². The third-order valence-electron chi connectivity index (χ3n) is 10.6. The zero-order valence-corrected chi connectivity index (χ0v) is 33.8. The van der Waals surface area contributed by atoms with Crippen molar-refractivity contribution < 1.29 is 43.1 Å². The zero-order chi connectivity index (χ0) is 33.8. The molecule has 2 bridgehead atoms. The summed E-state index contributed by atoms with van der Waals surface area (Å²) < 4.78 is 9.21. The van der Waals surface area contributed by atoms with E-state index >= 15 is 0 Å². The third-order valence-corrected chi connectivity index (χ3v) is 10.6. The van der Waals surface area contributed by atoms with Crippen LogP contribution in [0.1, 0.15) is 66.8 Å². The molecule has 0 N–H and O–H groups in total. The maximum atomic E-state index is 2.54. The molecule has 51 heavy (non-hydrogen) atoms. The molecule has 2 aromatic heterocycles. The highest BCUT2D eigenvalue weighted by atomic mass is 79.9. The Morgan fingerprint density at radius 2 is 0.922 bits per heavy atom. The smallest absolute Gasteiger partial charge is 0.244 e. The van der Waals surface area contributed by atoms with E-state index in [-0.39, 0.29) is 34.0 Å². The summed E-state index contributed by atoms with van der Waals surface area (Å²) in [5, 5.41) is 0. The molecule has 0 saturated carbocycles. The van der Waals surface area contributed by atoms with Crippen LogP contribution in [0.5, 0.6) is 0 Å². The number of rotatable bonds is 8. The van der Waals surface area contributed by atoms with E-state index in [2.05, 4.69) is 168 Å². The number of aryl methyl sites for hydroxylation is 6. The maximum absolute atomic E-state index is 2.54. The fourth-order valence-electron chi connectivity index (χ4n) is 8.34. The Morgan fingerprint density at radius 3 is 1.31 bits per heavy atom. The average Bonchev–Trinajstić information content (AvgIpc) is 3.69. The van der Waals surface area contributed by atoms with Crippen molar-refractivity contribution >= 4 is 11.4 Å². The predicted octanol–water partition coefficient (Wildman–Crippen LogP) is 1.21. The molecule has 0 spiro atoms. The number of halogens is 2. The molecule has 8 rings (SSSR count). The Balaban J connectivity index is 0.00000224. The summed E-state index contributed by atoms with van der Waals surface area (Å²) in [6.45, 7) is 19.6. The van der Waals surface area contributed by atoms with Gasteiger partial charge in [-0.1, -0.05) is 47.5 Å². The number of fused-ring (bicyclic) bond motifs is 6. The van der Waals surface area contributed by atoms with Crippen LogP contribution in [-0.2, 0) is 39.3 Å². The minimum absolute atomic E-state index is 0. The number of nitrogens with zero attached hydrogens (tertiary/aromatic N) is 6. The van der Waals surface area contributed by atoms with Crippen molar-refractivity contribution in [1.82, 2.24) is 9.13 Å². The topological polar surface area (TPSA) is 24.1 Å². The first-order valence-electron chi connectivity index (χ1n) is 17.6. The first kappa shape index (κ1) is 36.6. The van der Waals surface area contributed by atoms with Gasteiger partial charge in [0.1, 0.15) is 51.0 Å². The highest BCUT2D eigenvalue weighted by molar-refractivity contribution is 5.68. The second-order valence-electron chi connectivity index (χ2n) is 14.7. The Hall–Kier alpha value is -4.14. The Bertz CT molecular complexity index is 2010. The Morgan fingerprint density at radius 1 is 0.529 bits per heavy atom. The lowest BCUT2D eigenvalue weighted by atomic mass is 9.98. The molecule has 0 fully saturated rings. The molecular weight excluding hydrogens is 760 g/mol.